The molecule has 144 valence electrons. The molecule has 29 heavy (non-hydrogen) atoms. The van der Waals surface area contributed by atoms with Crippen molar-refractivity contribution in [3.8, 4) is 0 Å². The van der Waals surface area contributed by atoms with Crippen LogP contribution in [0.1, 0.15) is 47.9 Å². The second-order valence-corrected chi connectivity index (χ2v) is 9.27. The summed E-state index contributed by atoms with van der Waals surface area (Å²) in [6.07, 6.45) is 10.3. The van der Waals surface area contributed by atoms with Gasteiger partial charge in [-0.25, -0.2) is 0 Å². The topological polar surface area (TPSA) is 0 Å². The van der Waals surface area contributed by atoms with Gasteiger partial charge in [0.15, 0.2) is 0 Å². The maximum Gasteiger partial charge on any atom is -0.00791 e. The van der Waals surface area contributed by atoms with E-state index in [1.807, 2.05) is 0 Å². The monoisotopic (exact) mass is 376 g/mol. The average molecular weight is 377 g/mol. The zero-order chi connectivity index (χ0) is 19.4. The number of fused-ring (bicyclic) bond motifs is 4. The lowest BCUT2D eigenvalue weighted by atomic mass is 9.67. The highest BCUT2D eigenvalue weighted by Crippen LogP contribution is 2.42. The van der Waals surface area contributed by atoms with Gasteiger partial charge in [-0.15, -0.1) is 0 Å². The second kappa shape index (κ2) is 6.73. The molecule has 1 fully saturated rings. The zero-order valence-electron chi connectivity index (χ0n) is 17.2. The quantitative estimate of drug-likeness (QED) is 0.578. The van der Waals surface area contributed by atoms with Crippen LogP contribution < -0.4 is 10.4 Å². The Kier molecular flexibility index (Phi) is 4.01. The summed E-state index contributed by atoms with van der Waals surface area (Å²) in [4.78, 5) is 0. The number of hydrogen-bond acceptors (Lipinski definition) is 0. The van der Waals surface area contributed by atoms with Crippen LogP contribution in [0.15, 0.2) is 60.7 Å². The average Bonchev–Trinajstić information content (AvgIpc) is 2.72. The van der Waals surface area contributed by atoms with Crippen molar-refractivity contribution >= 4 is 11.6 Å². The fourth-order valence-electron chi connectivity index (χ4n) is 5.94. The fourth-order valence-corrected chi connectivity index (χ4v) is 5.94. The van der Waals surface area contributed by atoms with Gasteiger partial charge in [0.05, 0.1) is 0 Å². The molecule has 0 bridgehead atoms. The minimum Gasteiger partial charge on any atom is -0.0722 e. The van der Waals surface area contributed by atoms with Gasteiger partial charge in [0.25, 0.3) is 0 Å². The molecular formula is C29H28. The molecule has 3 aromatic rings. The van der Waals surface area contributed by atoms with Gasteiger partial charge in [-0.1, -0.05) is 86.0 Å². The van der Waals surface area contributed by atoms with Crippen molar-refractivity contribution in [2.45, 2.75) is 45.4 Å². The van der Waals surface area contributed by atoms with Crippen molar-refractivity contribution < 1.29 is 0 Å². The van der Waals surface area contributed by atoms with Crippen LogP contribution in [0.4, 0.5) is 0 Å². The van der Waals surface area contributed by atoms with E-state index >= 15 is 0 Å². The van der Waals surface area contributed by atoms with Gasteiger partial charge >= 0.3 is 0 Å². The van der Waals surface area contributed by atoms with Crippen molar-refractivity contribution in [1.82, 2.24) is 0 Å². The van der Waals surface area contributed by atoms with Crippen LogP contribution in [0, 0.1) is 29.2 Å². The van der Waals surface area contributed by atoms with Crippen LogP contribution >= 0.6 is 0 Å². The Morgan fingerprint density at radius 2 is 1.48 bits per heavy atom. The van der Waals surface area contributed by atoms with Crippen LogP contribution in [0.5, 0.6) is 0 Å². The Bertz CT molecular complexity index is 1320. The molecule has 6 rings (SSSR count). The van der Waals surface area contributed by atoms with E-state index in [1.54, 1.807) is 16.7 Å². The lowest BCUT2D eigenvalue weighted by molar-refractivity contribution is 0.205. The van der Waals surface area contributed by atoms with Gasteiger partial charge in [0.2, 0.25) is 0 Å². The first-order chi connectivity index (χ1) is 14.3. The molecule has 0 spiro atoms. The number of rotatable bonds is 2. The minimum absolute atomic E-state index is 0.814. The highest BCUT2D eigenvalue weighted by Gasteiger charge is 2.32. The Labute approximate surface area is 172 Å². The molecule has 0 saturated heterocycles. The van der Waals surface area contributed by atoms with E-state index in [-0.39, 0.29) is 0 Å². The van der Waals surface area contributed by atoms with Crippen LogP contribution in [0.2, 0.25) is 0 Å². The van der Waals surface area contributed by atoms with Crippen LogP contribution in [-0.2, 0) is 12.8 Å². The van der Waals surface area contributed by atoms with Crippen LogP contribution in [0.25, 0.3) is 11.6 Å². The molecule has 0 aliphatic heterocycles. The summed E-state index contributed by atoms with van der Waals surface area (Å²) in [6.45, 7) is 2.28. The van der Waals surface area contributed by atoms with Crippen LogP contribution in [0.3, 0.4) is 0 Å². The predicted octanol–water partition coefficient (Wildman–Crippen LogP) is 5.18. The van der Waals surface area contributed by atoms with Gasteiger partial charge in [-0.3, -0.25) is 0 Å². The molecule has 1 saturated carbocycles. The van der Waals surface area contributed by atoms with E-state index < -0.39 is 0 Å². The maximum absolute atomic E-state index is 2.44. The molecule has 0 aromatic heterocycles. The summed E-state index contributed by atoms with van der Waals surface area (Å²) in [5, 5.41) is 5.82. The molecule has 3 aliphatic rings. The first-order valence-electron chi connectivity index (χ1n) is 11.3. The first-order valence-corrected chi connectivity index (χ1v) is 11.3. The molecule has 3 aliphatic carbocycles. The summed E-state index contributed by atoms with van der Waals surface area (Å²) in [5.74, 6) is 1.74. The van der Waals surface area contributed by atoms with E-state index in [1.165, 1.54) is 64.1 Å². The molecular weight excluding hydrogens is 348 g/mol. The summed E-state index contributed by atoms with van der Waals surface area (Å²) in [6, 6.07) is 22.8. The number of aryl methyl sites for hydroxylation is 1. The molecule has 0 radical (unpaired) electrons. The fraction of sp³-hybridized carbons (Fsp3) is 0.310. The van der Waals surface area contributed by atoms with E-state index in [4.69, 9.17) is 0 Å². The highest BCUT2D eigenvalue weighted by molar-refractivity contribution is 5.70. The van der Waals surface area contributed by atoms with Gasteiger partial charge in [0, 0.05) is 0 Å². The predicted molar refractivity (Wildman–Crippen MR) is 121 cm³/mol. The standard InChI is InChI=1S/C29H28/c1-19-7-2-4-11-23(19)28-17-22(20-9-6-10-20)18-29-26-14-13-21-8-3-5-12-24(21)25(26)15-16-27(28)29/h2-5,7-8,11-13,15-16,20,22H,6,9-10,14,17-18H2,1H3. The number of hydrogen-bond donors (Lipinski definition) is 0. The van der Waals surface area contributed by atoms with Crippen LogP contribution in [-0.4, -0.2) is 0 Å². The van der Waals surface area contributed by atoms with Crippen molar-refractivity contribution in [3.63, 3.8) is 0 Å². The van der Waals surface area contributed by atoms with E-state index in [0.29, 0.717) is 0 Å². The van der Waals surface area contributed by atoms with Gasteiger partial charge in [-0.05, 0) is 86.7 Å². The van der Waals surface area contributed by atoms with Crippen molar-refractivity contribution in [1.29, 1.82) is 0 Å². The largest absolute Gasteiger partial charge is 0.0722 e. The number of benzene rings is 3. The van der Waals surface area contributed by atoms with Crippen molar-refractivity contribution in [2.24, 2.45) is 11.8 Å². The molecule has 0 heteroatoms. The molecule has 0 nitrogen and oxygen atoms in total. The molecule has 0 amide bonds. The second-order valence-electron chi connectivity index (χ2n) is 9.27. The third-order valence-corrected chi connectivity index (χ3v) is 7.75. The lowest BCUT2D eigenvalue weighted by Crippen LogP contribution is -2.33. The Morgan fingerprint density at radius 1 is 0.690 bits per heavy atom. The summed E-state index contributed by atoms with van der Waals surface area (Å²) in [5.41, 5.74) is 7.73. The third-order valence-electron chi connectivity index (χ3n) is 7.75. The van der Waals surface area contributed by atoms with Gasteiger partial charge in [-0.2, -0.15) is 0 Å². The highest BCUT2D eigenvalue weighted by atomic mass is 14.4. The molecule has 1 unspecified atom stereocenters. The first kappa shape index (κ1) is 17.3. The molecule has 0 N–H and O–H groups in total. The van der Waals surface area contributed by atoms with E-state index in [0.717, 1.165) is 18.3 Å². The SMILES string of the molecule is Cc1ccccc1C1=c2ccc3c(c2CC(C2CCC2)C1)CC=c1ccccc1=3. The van der Waals surface area contributed by atoms with E-state index in [2.05, 4.69) is 73.7 Å². The minimum atomic E-state index is 0.814. The summed E-state index contributed by atoms with van der Waals surface area (Å²) < 4.78 is 0. The maximum atomic E-state index is 2.44. The molecule has 1 atom stereocenters. The van der Waals surface area contributed by atoms with E-state index in [9.17, 15) is 0 Å². The smallest absolute Gasteiger partial charge is 0.00791 e. The Morgan fingerprint density at radius 3 is 2.31 bits per heavy atom. The third kappa shape index (κ3) is 2.73. The Hall–Kier alpha value is -2.60. The molecule has 0 heterocycles. The van der Waals surface area contributed by atoms with Crippen molar-refractivity contribution in [3.05, 3.63) is 104 Å². The van der Waals surface area contributed by atoms with Crippen molar-refractivity contribution in [2.75, 3.05) is 0 Å². The summed E-state index contributed by atoms with van der Waals surface area (Å²) in [7, 11) is 0. The van der Waals surface area contributed by atoms with Gasteiger partial charge in [0.1, 0.15) is 0 Å². The molecule has 3 aromatic carbocycles. The Balaban J connectivity index is 1.67. The zero-order valence-corrected chi connectivity index (χ0v) is 17.2. The normalized spacial score (nSPS) is 20.2. The van der Waals surface area contributed by atoms with Gasteiger partial charge < -0.3 is 0 Å². The summed E-state index contributed by atoms with van der Waals surface area (Å²) >= 11 is 0. The lowest BCUT2D eigenvalue weighted by Gasteiger charge is -2.38.